The molecule has 6 nitrogen and oxygen atoms in total. The average molecular weight is 302 g/mol. The van der Waals surface area contributed by atoms with E-state index in [0.717, 1.165) is 0 Å². The summed E-state index contributed by atoms with van der Waals surface area (Å²) in [4.78, 5) is 20.3. The summed E-state index contributed by atoms with van der Waals surface area (Å²) in [7, 11) is 0. The lowest BCUT2D eigenvalue weighted by atomic mass is 10.2. The lowest BCUT2D eigenvalue weighted by Gasteiger charge is -2.06. The Morgan fingerprint density at radius 1 is 1.29 bits per heavy atom. The highest BCUT2D eigenvalue weighted by Crippen LogP contribution is 2.12. The van der Waals surface area contributed by atoms with E-state index < -0.39 is 0 Å². The number of hydrogen-bond donors (Lipinski definition) is 2. The molecule has 21 heavy (non-hydrogen) atoms. The van der Waals surface area contributed by atoms with Gasteiger partial charge in [0, 0.05) is 17.8 Å². The molecule has 1 amide bonds. The van der Waals surface area contributed by atoms with E-state index in [1.807, 2.05) is 6.92 Å². The SMILES string of the molecule is CCOc1ccc(NC(=O)c2ccc(C(N)=S)cn2)cn1. The van der Waals surface area contributed by atoms with E-state index in [2.05, 4.69) is 15.3 Å². The molecule has 0 bridgehead atoms. The van der Waals surface area contributed by atoms with Crippen molar-refractivity contribution < 1.29 is 9.53 Å². The number of nitrogens with one attached hydrogen (secondary N) is 1. The molecule has 0 aliphatic rings. The predicted molar refractivity (Wildman–Crippen MR) is 83.5 cm³/mol. The number of ether oxygens (including phenoxy) is 1. The van der Waals surface area contributed by atoms with Crippen molar-refractivity contribution in [2.45, 2.75) is 6.92 Å². The number of nitrogens with zero attached hydrogens (tertiary/aromatic N) is 2. The van der Waals surface area contributed by atoms with Gasteiger partial charge in [-0.05, 0) is 25.1 Å². The fraction of sp³-hybridized carbons (Fsp3) is 0.143. The Kier molecular flexibility index (Phi) is 4.78. The van der Waals surface area contributed by atoms with Crippen molar-refractivity contribution >= 4 is 28.8 Å². The minimum Gasteiger partial charge on any atom is -0.478 e. The number of nitrogens with two attached hydrogens (primary N) is 1. The zero-order chi connectivity index (χ0) is 15.2. The molecule has 0 saturated heterocycles. The quantitative estimate of drug-likeness (QED) is 0.818. The van der Waals surface area contributed by atoms with Crippen molar-refractivity contribution in [2.75, 3.05) is 11.9 Å². The summed E-state index contributed by atoms with van der Waals surface area (Å²) >= 11 is 4.83. The maximum atomic E-state index is 12.0. The molecular formula is C14H14N4O2S. The van der Waals surface area contributed by atoms with Gasteiger partial charge >= 0.3 is 0 Å². The first-order valence-corrected chi connectivity index (χ1v) is 6.67. The number of aromatic nitrogens is 2. The van der Waals surface area contributed by atoms with Crippen LogP contribution in [0.25, 0.3) is 0 Å². The molecule has 0 aliphatic heterocycles. The van der Waals surface area contributed by atoms with Gasteiger partial charge in [-0.2, -0.15) is 0 Å². The van der Waals surface area contributed by atoms with E-state index >= 15 is 0 Å². The van der Waals surface area contributed by atoms with Gasteiger partial charge in [0.05, 0.1) is 18.5 Å². The molecule has 2 rings (SSSR count). The van der Waals surface area contributed by atoms with Crippen molar-refractivity contribution in [1.29, 1.82) is 0 Å². The first-order chi connectivity index (χ1) is 10.1. The topological polar surface area (TPSA) is 90.1 Å². The minimum atomic E-state index is -0.338. The Balaban J connectivity index is 2.05. The van der Waals surface area contributed by atoms with Crippen LogP contribution in [0.1, 0.15) is 23.0 Å². The first kappa shape index (κ1) is 14.9. The van der Waals surface area contributed by atoms with Gasteiger partial charge in [0.1, 0.15) is 10.7 Å². The lowest BCUT2D eigenvalue weighted by molar-refractivity contribution is 0.102. The van der Waals surface area contributed by atoms with Crippen molar-refractivity contribution in [3.8, 4) is 5.88 Å². The second-order valence-electron chi connectivity index (χ2n) is 4.07. The largest absolute Gasteiger partial charge is 0.478 e. The zero-order valence-corrected chi connectivity index (χ0v) is 12.2. The molecule has 2 aromatic rings. The van der Waals surface area contributed by atoms with Crippen LogP contribution in [0.2, 0.25) is 0 Å². The van der Waals surface area contributed by atoms with E-state index in [1.54, 1.807) is 24.3 Å². The molecule has 0 saturated carbocycles. The van der Waals surface area contributed by atoms with Crippen LogP contribution >= 0.6 is 12.2 Å². The van der Waals surface area contributed by atoms with E-state index in [1.165, 1.54) is 12.4 Å². The Morgan fingerprint density at radius 2 is 2.10 bits per heavy atom. The summed E-state index contributed by atoms with van der Waals surface area (Å²) < 4.78 is 5.23. The molecule has 2 heterocycles. The van der Waals surface area contributed by atoms with Crippen LogP contribution in [0.5, 0.6) is 5.88 Å². The minimum absolute atomic E-state index is 0.241. The fourth-order valence-corrected chi connectivity index (χ4v) is 1.68. The third-order valence-electron chi connectivity index (χ3n) is 2.57. The van der Waals surface area contributed by atoms with Crippen molar-refractivity contribution in [1.82, 2.24) is 9.97 Å². The maximum absolute atomic E-state index is 12.0. The molecule has 0 spiro atoms. The van der Waals surface area contributed by atoms with Crippen molar-refractivity contribution in [2.24, 2.45) is 5.73 Å². The number of pyridine rings is 2. The number of thiocarbonyl (C=S) groups is 1. The van der Waals surface area contributed by atoms with E-state index in [0.29, 0.717) is 23.7 Å². The maximum Gasteiger partial charge on any atom is 0.274 e. The van der Waals surface area contributed by atoms with Crippen LogP contribution in [0.3, 0.4) is 0 Å². The second kappa shape index (κ2) is 6.76. The fourth-order valence-electron chi connectivity index (χ4n) is 1.56. The van der Waals surface area contributed by atoms with Crippen molar-refractivity contribution in [3.63, 3.8) is 0 Å². The van der Waals surface area contributed by atoms with Crippen LogP contribution in [0.4, 0.5) is 5.69 Å². The summed E-state index contributed by atoms with van der Waals surface area (Å²) in [5.41, 5.74) is 6.91. The molecule has 0 radical (unpaired) electrons. The Labute approximate surface area is 127 Å². The molecule has 0 unspecified atom stereocenters. The second-order valence-corrected chi connectivity index (χ2v) is 4.51. The highest BCUT2D eigenvalue weighted by atomic mass is 32.1. The summed E-state index contributed by atoms with van der Waals surface area (Å²) in [5.74, 6) is 0.171. The van der Waals surface area contributed by atoms with Gasteiger partial charge < -0.3 is 15.8 Å². The predicted octanol–water partition coefficient (Wildman–Crippen LogP) is 1.76. The molecule has 2 aromatic heterocycles. The number of amides is 1. The molecule has 108 valence electrons. The third-order valence-corrected chi connectivity index (χ3v) is 2.80. The highest BCUT2D eigenvalue weighted by Gasteiger charge is 2.08. The number of anilines is 1. The molecule has 0 atom stereocenters. The van der Waals surface area contributed by atoms with Crippen LogP contribution in [0.15, 0.2) is 36.7 Å². The van der Waals surface area contributed by atoms with E-state index in [-0.39, 0.29) is 16.6 Å². The van der Waals surface area contributed by atoms with Gasteiger partial charge in [-0.3, -0.25) is 9.78 Å². The third kappa shape index (κ3) is 3.96. The lowest BCUT2D eigenvalue weighted by Crippen LogP contribution is -2.15. The van der Waals surface area contributed by atoms with E-state index in [4.69, 9.17) is 22.7 Å². The number of carbonyl (C=O) groups is 1. The molecule has 0 aromatic carbocycles. The van der Waals surface area contributed by atoms with Crippen LogP contribution < -0.4 is 15.8 Å². The summed E-state index contributed by atoms with van der Waals surface area (Å²) in [6.45, 7) is 2.41. The molecule has 7 heteroatoms. The highest BCUT2D eigenvalue weighted by molar-refractivity contribution is 7.80. The van der Waals surface area contributed by atoms with Gasteiger partial charge in [-0.25, -0.2) is 4.98 Å². The average Bonchev–Trinajstić information content (AvgIpc) is 2.49. The zero-order valence-electron chi connectivity index (χ0n) is 11.4. The van der Waals surface area contributed by atoms with Gasteiger partial charge in [0.15, 0.2) is 0 Å². The standard InChI is InChI=1S/C14H14N4O2S/c1-2-20-12-6-4-10(8-17-12)18-14(19)11-5-3-9(7-16-11)13(15)21/h3-8H,2H2,1H3,(H2,15,21)(H,18,19). The molecule has 0 fully saturated rings. The Bertz CT molecular complexity index is 641. The molecule has 0 aliphatic carbocycles. The van der Waals surface area contributed by atoms with Crippen LogP contribution in [-0.4, -0.2) is 27.5 Å². The van der Waals surface area contributed by atoms with Gasteiger partial charge in [0.25, 0.3) is 5.91 Å². The van der Waals surface area contributed by atoms with E-state index in [9.17, 15) is 4.79 Å². The summed E-state index contributed by atoms with van der Waals surface area (Å²) in [5, 5.41) is 2.69. The normalized spacial score (nSPS) is 9.95. The Hall–Kier alpha value is -2.54. The van der Waals surface area contributed by atoms with Crippen LogP contribution in [-0.2, 0) is 0 Å². The smallest absolute Gasteiger partial charge is 0.274 e. The summed E-state index contributed by atoms with van der Waals surface area (Å²) in [6, 6.07) is 6.61. The van der Waals surface area contributed by atoms with Crippen molar-refractivity contribution in [3.05, 3.63) is 47.9 Å². The van der Waals surface area contributed by atoms with Crippen LogP contribution in [0, 0.1) is 0 Å². The Morgan fingerprint density at radius 3 is 2.62 bits per heavy atom. The summed E-state index contributed by atoms with van der Waals surface area (Å²) in [6.07, 6.45) is 2.99. The number of hydrogen-bond acceptors (Lipinski definition) is 5. The number of carbonyl (C=O) groups excluding carboxylic acids is 1. The monoisotopic (exact) mass is 302 g/mol. The van der Waals surface area contributed by atoms with Gasteiger partial charge in [0.2, 0.25) is 5.88 Å². The number of rotatable bonds is 5. The van der Waals surface area contributed by atoms with Gasteiger partial charge in [-0.15, -0.1) is 0 Å². The first-order valence-electron chi connectivity index (χ1n) is 6.26. The van der Waals surface area contributed by atoms with Gasteiger partial charge in [-0.1, -0.05) is 12.2 Å². The molecular weight excluding hydrogens is 288 g/mol. The molecule has 3 N–H and O–H groups in total.